The lowest BCUT2D eigenvalue weighted by molar-refractivity contribution is -0.124. The third-order valence-electron chi connectivity index (χ3n) is 9.76. The molecule has 7 rings (SSSR count). The lowest BCUT2D eigenvalue weighted by Crippen LogP contribution is -2.55. The summed E-state index contributed by atoms with van der Waals surface area (Å²) in [5.41, 5.74) is 4.04. The number of amides is 2. The Balaban J connectivity index is 1.27. The summed E-state index contributed by atoms with van der Waals surface area (Å²) in [6.07, 6.45) is 7.13. The fourth-order valence-corrected chi connectivity index (χ4v) is 7.47. The molecule has 44 heavy (non-hydrogen) atoms. The Kier molecular flexibility index (Phi) is 7.58. The Morgan fingerprint density at radius 1 is 1.00 bits per heavy atom. The van der Waals surface area contributed by atoms with E-state index in [1.807, 2.05) is 49.5 Å². The number of benzene rings is 3. The number of aromatic nitrogens is 2. The van der Waals surface area contributed by atoms with E-state index in [0.29, 0.717) is 36.9 Å². The van der Waals surface area contributed by atoms with Crippen LogP contribution in [0.5, 0.6) is 0 Å². The predicted molar refractivity (Wildman–Crippen MR) is 168 cm³/mol. The fourth-order valence-electron chi connectivity index (χ4n) is 7.47. The number of carbonyl (C=O) groups excluding carboxylic acids is 2. The van der Waals surface area contributed by atoms with E-state index >= 15 is 4.39 Å². The largest absolute Gasteiger partial charge is 0.382 e. The zero-order chi connectivity index (χ0) is 30.4. The lowest BCUT2D eigenvalue weighted by atomic mass is 9.76. The van der Waals surface area contributed by atoms with E-state index in [2.05, 4.69) is 15.7 Å². The SMILES string of the molecule is Cc1cccc(F)c1C(=O)N1C2COCC2CC(C(=O)Nc2ccc3cnn(C)c3c2)[C@H]1c1ccc(NC2CCCC2)cc1. The third-order valence-corrected chi connectivity index (χ3v) is 9.76. The highest BCUT2D eigenvalue weighted by Gasteiger charge is 2.51. The van der Waals surface area contributed by atoms with Crippen molar-refractivity contribution in [1.29, 1.82) is 0 Å². The van der Waals surface area contributed by atoms with Crippen molar-refractivity contribution in [3.63, 3.8) is 0 Å². The molecule has 3 fully saturated rings. The van der Waals surface area contributed by atoms with E-state index in [0.717, 1.165) is 35.0 Å². The van der Waals surface area contributed by atoms with E-state index in [9.17, 15) is 9.59 Å². The number of fused-ring (bicyclic) bond motifs is 2. The van der Waals surface area contributed by atoms with Crippen molar-refractivity contribution >= 4 is 34.1 Å². The van der Waals surface area contributed by atoms with Gasteiger partial charge >= 0.3 is 0 Å². The van der Waals surface area contributed by atoms with Gasteiger partial charge in [-0.25, -0.2) is 4.39 Å². The average molecular weight is 596 g/mol. The maximum Gasteiger partial charge on any atom is 0.257 e. The molecule has 2 N–H and O–H groups in total. The van der Waals surface area contributed by atoms with E-state index in [1.54, 1.807) is 34.8 Å². The minimum atomic E-state index is -0.606. The van der Waals surface area contributed by atoms with Crippen molar-refractivity contribution in [3.05, 3.63) is 89.4 Å². The van der Waals surface area contributed by atoms with Crippen molar-refractivity contribution in [2.45, 2.75) is 57.2 Å². The first kappa shape index (κ1) is 28.5. The zero-order valence-electron chi connectivity index (χ0n) is 25.1. The Labute approximate surface area is 256 Å². The summed E-state index contributed by atoms with van der Waals surface area (Å²) in [6.45, 7) is 2.56. The number of anilines is 2. The zero-order valence-corrected chi connectivity index (χ0v) is 25.1. The number of hydrogen-bond acceptors (Lipinski definition) is 5. The number of halogens is 1. The van der Waals surface area contributed by atoms with Crippen LogP contribution in [0.15, 0.2) is 66.9 Å². The second kappa shape index (κ2) is 11.7. The van der Waals surface area contributed by atoms with Gasteiger partial charge in [-0.15, -0.1) is 0 Å². The van der Waals surface area contributed by atoms with Crippen LogP contribution in [0.25, 0.3) is 10.9 Å². The van der Waals surface area contributed by atoms with Gasteiger partial charge in [-0.05, 0) is 73.7 Å². The third kappa shape index (κ3) is 5.23. The van der Waals surface area contributed by atoms with Crippen molar-refractivity contribution in [2.24, 2.45) is 18.9 Å². The summed E-state index contributed by atoms with van der Waals surface area (Å²) in [5.74, 6) is -1.77. The van der Waals surface area contributed by atoms with Gasteiger partial charge in [0.2, 0.25) is 5.91 Å². The molecule has 9 heteroatoms. The average Bonchev–Trinajstić information content (AvgIpc) is 3.79. The maximum absolute atomic E-state index is 15.3. The first-order valence-corrected chi connectivity index (χ1v) is 15.6. The van der Waals surface area contributed by atoms with Crippen molar-refractivity contribution in [2.75, 3.05) is 23.8 Å². The smallest absolute Gasteiger partial charge is 0.257 e. The summed E-state index contributed by atoms with van der Waals surface area (Å²) < 4.78 is 23.0. The van der Waals surface area contributed by atoms with E-state index in [4.69, 9.17) is 4.74 Å². The number of rotatable bonds is 6. The molecular weight excluding hydrogens is 557 g/mol. The van der Waals surface area contributed by atoms with Crippen LogP contribution in [-0.4, -0.2) is 51.8 Å². The molecule has 1 saturated carbocycles. The molecule has 0 radical (unpaired) electrons. The molecule has 2 aliphatic heterocycles. The molecule has 3 unspecified atom stereocenters. The normalized spacial score (nSPS) is 23.6. The van der Waals surface area contributed by atoms with E-state index in [-0.39, 0.29) is 23.4 Å². The number of likely N-dealkylation sites (tertiary alicyclic amines) is 1. The molecule has 3 aromatic carbocycles. The Morgan fingerprint density at radius 2 is 1.77 bits per heavy atom. The number of nitrogens with zero attached hydrogens (tertiary/aromatic N) is 3. The van der Waals surface area contributed by atoms with Gasteiger partial charge in [0.25, 0.3) is 5.91 Å². The molecule has 0 bridgehead atoms. The van der Waals surface area contributed by atoms with E-state index < -0.39 is 23.7 Å². The van der Waals surface area contributed by atoms with Crippen molar-refractivity contribution in [1.82, 2.24) is 14.7 Å². The summed E-state index contributed by atoms with van der Waals surface area (Å²) in [4.78, 5) is 30.4. The first-order chi connectivity index (χ1) is 21.4. The number of ether oxygens (including phenoxy) is 1. The van der Waals surface area contributed by atoms with Crippen LogP contribution >= 0.6 is 0 Å². The van der Waals surface area contributed by atoms with Gasteiger partial charge in [0.15, 0.2) is 0 Å². The first-order valence-electron chi connectivity index (χ1n) is 15.6. The Hall–Kier alpha value is -4.24. The van der Waals surface area contributed by atoms with Crippen LogP contribution in [0.2, 0.25) is 0 Å². The van der Waals surface area contributed by atoms with Gasteiger partial charge < -0.3 is 20.3 Å². The molecular formula is C35H38FN5O3. The minimum Gasteiger partial charge on any atom is -0.382 e. The van der Waals surface area contributed by atoms with Gasteiger partial charge in [0, 0.05) is 35.8 Å². The van der Waals surface area contributed by atoms with Crippen LogP contribution in [0.3, 0.4) is 0 Å². The van der Waals surface area contributed by atoms with Gasteiger partial charge in [-0.3, -0.25) is 14.3 Å². The van der Waals surface area contributed by atoms with Crippen LogP contribution in [-0.2, 0) is 16.6 Å². The number of piperidine rings is 1. The highest BCUT2D eigenvalue weighted by molar-refractivity contribution is 5.99. The molecule has 228 valence electrons. The molecule has 0 spiro atoms. The van der Waals surface area contributed by atoms with Gasteiger partial charge in [-0.1, -0.05) is 37.1 Å². The number of aryl methyl sites for hydroxylation is 2. The molecule has 8 nitrogen and oxygen atoms in total. The fraction of sp³-hybridized carbons (Fsp3) is 0.400. The van der Waals surface area contributed by atoms with Crippen LogP contribution in [0.1, 0.15) is 59.6 Å². The standard InChI is InChI=1S/C35H38FN5O3/c1-21-6-5-9-29(36)32(21)35(43)41-31-20-44-19-24(31)16-28(34(42)39-27-15-12-23-18-37-40(2)30(23)17-27)33(41)22-10-13-26(14-11-22)38-25-7-3-4-8-25/h5-6,9-15,17-18,24-25,28,31,33,38H,3-4,7-8,16,19-20H2,1-2H3,(H,39,42)/t24?,28?,31?,33-/m1/s1. The highest BCUT2D eigenvalue weighted by atomic mass is 19.1. The minimum absolute atomic E-state index is 0.0408. The summed E-state index contributed by atoms with van der Waals surface area (Å²) in [7, 11) is 1.87. The van der Waals surface area contributed by atoms with Crippen molar-refractivity contribution < 1.29 is 18.7 Å². The second-order valence-electron chi connectivity index (χ2n) is 12.6. The van der Waals surface area contributed by atoms with Crippen LogP contribution < -0.4 is 10.6 Å². The molecule has 1 aliphatic carbocycles. The van der Waals surface area contributed by atoms with Gasteiger partial charge in [0.1, 0.15) is 5.82 Å². The molecule has 2 saturated heterocycles. The van der Waals surface area contributed by atoms with Gasteiger partial charge in [-0.2, -0.15) is 5.10 Å². The number of carbonyl (C=O) groups is 2. The highest BCUT2D eigenvalue weighted by Crippen LogP contribution is 2.46. The quantitative estimate of drug-likeness (QED) is 0.276. The lowest BCUT2D eigenvalue weighted by Gasteiger charge is -2.47. The number of hydrogen-bond donors (Lipinski definition) is 2. The Morgan fingerprint density at radius 3 is 2.55 bits per heavy atom. The monoisotopic (exact) mass is 595 g/mol. The van der Waals surface area contributed by atoms with Crippen LogP contribution in [0.4, 0.5) is 15.8 Å². The van der Waals surface area contributed by atoms with Crippen molar-refractivity contribution in [3.8, 4) is 0 Å². The summed E-state index contributed by atoms with van der Waals surface area (Å²) >= 11 is 0. The Bertz CT molecular complexity index is 1680. The topological polar surface area (TPSA) is 88.5 Å². The molecule has 1 aromatic heterocycles. The molecule has 2 amide bonds. The molecule has 3 heterocycles. The molecule has 4 aromatic rings. The van der Waals surface area contributed by atoms with Gasteiger partial charge in [0.05, 0.1) is 48.5 Å². The second-order valence-corrected chi connectivity index (χ2v) is 12.6. The maximum atomic E-state index is 15.3. The number of nitrogens with one attached hydrogen (secondary N) is 2. The molecule has 4 atom stereocenters. The predicted octanol–water partition coefficient (Wildman–Crippen LogP) is 6.23. The van der Waals surface area contributed by atoms with E-state index in [1.165, 1.54) is 18.9 Å². The van der Waals surface area contributed by atoms with Crippen LogP contribution in [0, 0.1) is 24.6 Å². The summed E-state index contributed by atoms with van der Waals surface area (Å²) in [6, 6.07) is 18.1. The summed E-state index contributed by atoms with van der Waals surface area (Å²) in [5, 5.41) is 12.1. The molecule has 3 aliphatic rings.